The molecule has 23 heavy (non-hydrogen) atoms. The lowest BCUT2D eigenvalue weighted by Gasteiger charge is -2.13. The number of aryl methyl sites for hydroxylation is 1. The van der Waals surface area contributed by atoms with E-state index in [0.717, 1.165) is 23.3 Å². The number of carbonyl (C=O) groups excluding carboxylic acids is 1. The fourth-order valence-corrected chi connectivity index (χ4v) is 2.36. The fraction of sp³-hybridized carbons (Fsp3) is 0.250. The highest BCUT2D eigenvalue weighted by molar-refractivity contribution is 5.92. The third kappa shape index (κ3) is 4.71. The molecule has 0 heterocycles. The molecule has 0 saturated carbocycles. The number of amides is 1. The van der Waals surface area contributed by atoms with Gasteiger partial charge in [-0.2, -0.15) is 0 Å². The van der Waals surface area contributed by atoms with Gasteiger partial charge in [-0.15, -0.1) is 0 Å². The third-order valence-corrected chi connectivity index (χ3v) is 3.80. The number of hydrogen-bond acceptors (Lipinski definition) is 2. The number of para-hydroxylation sites is 1. The summed E-state index contributed by atoms with van der Waals surface area (Å²) in [4.78, 5) is 12.1. The second-order valence-electron chi connectivity index (χ2n) is 5.40. The first kappa shape index (κ1) is 16.8. The highest BCUT2D eigenvalue weighted by Crippen LogP contribution is 2.19. The van der Waals surface area contributed by atoms with E-state index in [1.165, 1.54) is 11.6 Å². The minimum Gasteiger partial charge on any atom is -0.496 e. The predicted octanol–water partition coefficient (Wildman–Crippen LogP) is 4.15. The molecule has 0 radical (unpaired) electrons. The Morgan fingerprint density at radius 2 is 1.87 bits per heavy atom. The molecule has 2 aromatic rings. The van der Waals surface area contributed by atoms with Crippen molar-refractivity contribution in [2.75, 3.05) is 7.11 Å². The lowest BCUT2D eigenvalue weighted by atomic mass is 10.0. The minimum atomic E-state index is -0.122. The summed E-state index contributed by atoms with van der Waals surface area (Å²) in [5, 5.41) is 2.97. The predicted molar refractivity (Wildman–Crippen MR) is 94.4 cm³/mol. The molecule has 2 rings (SSSR count). The summed E-state index contributed by atoms with van der Waals surface area (Å²) >= 11 is 0. The summed E-state index contributed by atoms with van der Waals surface area (Å²) < 4.78 is 5.27. The van der Waals surface area contributed by atoms with Crippen LogP contribution in [0.1, 0.15) is 36.6 Å². The number of hydrogen-bond donors (Lipinski definition) is 1. The Hall–Kier alpha value is -2.55. The molecule has 0 aliphatic carbocycles. The molecule has 0 aromatic heterocycles. The average molecular weight is 309 g/mol. The van der Waals surface area contributed by atoms with Crippen LogP contribution in [0, 0.1) is 0 Å². The van der Waals surface area contributed by atoms with E-state index < -0.39 is 0 Å². The molecule has 1 atom stereocenters. The smallest absolute Gasteiger partial charge is 0.244 e. The molecule has 0 aliphatic heterocycles. The number of ether oxygens (including phenoxy) is 1. The quantitative estimate of drug-likeness (QED) is 0.814. The van der Waals surface area contributed by atoms with Crippen LogP contribution in [0.4, 0.5) is 0 Å². The second-order valence-corrected chi connectivity index (χ2v) is 5.40. The Kier molecular flexibility index (Phi) is 5.98. The highest BCUT2D eigenvalue weighted by atomic mass is 16.5. The maximum Gasteiger partial charge on any atom is 0.244 e. The van der Waals surface area contributed by atoms with Crippen molar-refractivity contribution in [3.8, 4) is 5.75 Å². The minimum absolute atomic E-state index is 0.0317. The van der Waals surface area contributed by atoms with Crippen LogP contribution >= 0.6 is 0 Å². The number of methoxy groups -OCH3 is 1. The van der Waals surface area contributed by atoms with E-state index in [9.17, 15) is 4.79 Å². The van der Waals surface area contributed by atoms with Crippen molar-refractivity contribution in [2.24, 2.45) is 0 Å². The fourth-order valence-electron chi connectivity index (χ4n) is 2.36. The molecule has 3 heteroatoms. The number of rotatable bonds is 6. The molecule has 0 saturated heterocycles. The number of nitrogens with one attached hydrogen (secondary N) is 1. The zero-order valence-corrected chi connectivity index (χ0v) is 13.9. The van der Waals surface area contributed by atoms with Crippen molar-refractivity contribution in [2.45, 2.75) is 26.3 Å². The number of benzene rings is 2. The molecular formula is C20H23NO2. The van der Waals surface area contributed by atoms with Gasteiger partial charge in [-0.1, -0.05) is 49.4 Å². The molecule has 1 N–H and O–H groups in total. The molecule has 0 bridgehead atoms. The van der Waals surface area contributed by atoms with Gasteiger partial charge in [-0.05, 0) is 36.6 Å². The molecule has 0 unspecified atom stereocenters. The van der Waals surface area contributed by atoms with Gasteiger partial charge >= 0.3 is 0 Å². The van der Waals surface area contributed by atoms with Crippen LogP contribution < -0.4 is 10.1 Å². The topological polar surface area (TPSA) is 38.3 Å². The zero-order chi connectivity index (χ0) is 16.7. The molecule has 0 spiro atoms. The lowest BCUT2D eigenvalue weighted by molar-refractivity contribution is -0.117. The first-order chi connectivity index (χ1) is 11.1. The van der Waals surface area contributed by atoms with Gasteiger partial charge in [0.15, 0.2) is 0 Å². The van der Waals surface area contributed by atoms with Crippen molar-refractivity contribution in [1.82, 2.24) is 5.32 Å². The summed E-state index contributed by atoms with van der Waals surface area (Å²) in [7, 11) is 1.62. The van der Waals surface area contributed by atoms with Crippen LogP contribution in [0.2, 0.25) is 0 Å². The largest absolute Gasteiger partial charge is 0.496 e. The normalized spacial score (nSPS) is 12.1. The Labute approximate surface area is 138 Å². The maximum absolute atomic E-state index is 12.1. The van der Waals surface area contributed by atoms with Crippen molar-refractivity contribution in [3.63, 3.8) is 0 Å². The van der Waals surface area contributed by atoms with Gasteiger partial charge in [0.1, 0.15) is 5.75 Å². The lowest BCUT2D eigenvalue weighted by Crippen LogP contribution is -2.24. The first-order valence-corrected chi connectivity index (χ1v) is 7.84. The van der Waals surface area contributed by atoms with Gasteiger partial charge in [-0.3, -0.25) is 4.79 Å². The van der Waals surface area contributed by atoms with E-state index in [-0.39, 0.29) is 11.9 Å². The van der Waals surface area contributed by atoms with Crippen molar-refractivity contribution >= 4 is 12.0 Å². The standard InChI is InChI=1S/C20H23NO2/c1-4-16-9-11-17(12-10-16)15(2)21-20(22)14-13-18-7-5-6-8-19(18)23-3/h5-15H,4H2,1-3H3,(H,21,22)/b14-13+/t15-/m1/s1. The van der Waals surface area contributed by atoms with E-state index >= 15 is 0 Å². The van der Waals surface area contributed by atoms with Gasteiger partial charge < -0.3 is 10.1 Å². The Morgan fingerprint density at radius 3 is 2.52 bits per heavy atom. The van der Waals surface area contributed by atoms with E-state index in [4.69, 9.17) is 4.74 Å². The van der Waals surface area contributed by atoms with Gasteiger partial charge in [-0.25, -0.2) is 0 Å². The number of carbonyl (C=O) groups is 1. The first-order valence-electron chi connectivity index (χ1n) is 7.84. The van der Waals surface area contributed by atoms with Crippen LogP contribution in [0.25, 0.3) is 6.08 Å². The summed E-state index contributed by atoms with van der Waals surface area (Å²) in [5.41, 5.74) is 3.27. The Morgan fingerprint density at radius 1 is 1.17 bits per heavy atom. The van der Waals surface area contributed by atoms with Crippen molar-refractivity contribution in [1.29, 1.82) is 0 Å². The van der Waals surface area contributed by atoms with Crippen molar-refractivity contribution < 1.29 is 9.53 Å². The molecule has 120 valence electrons. The van der Waals surface area contributed by atoms with Gasteiger partial charge in [0.05, 0.1) is 13.2 Å². The van der Waals surface area contributed by atoms with Crippen LogP contribution in [0.5, 0.6) is 5.75 Å². The Bertz CT molecular complexity index is 674. The monoisotopic (exact) mass is 309 g/mol. The molecule has 1 amide bonds. The van der Waals surface area contributed by atoms with Crippen molar-refractivity contribution in [3.05, 3.63) is 71.3 Å². The maximum atomic E-state index is 12.1. The summed E-state index contributed by atoms with van der Waals surface area (Å²) in [6.45, 7) is 4.11. The van der Waals surface area contributed by atoms with Crippen LogP contribution in [0.15, 0.2) is 54.6 Å². The third-order valence-electron chi connectivity index (χ3n) is 3.80. The molecular weight excluding hydrogens is 286 g/mol. The average Bonchev–Trinajstić information content (AvgIpc) is 2.60. The van der Waals surface area contributed by atoms with Gasteiger partial charge in [0.25, 0.3) is 0 Å². The molecule has 0 aliphatic rings. The molecule has 0 fully saturated rings. The van der Waals surface area contributed by atoms with E-state index in [1.807, 2.05) is 31.2 Å². The van der Waals surface area contributed by atoms with Crippen LogP contribution in [-0.2, 0) is 11.2 Å². The van der Waals surface area contributed by atoms with E-state index in [1.54, 1.807) is 13.2 Å². The van der Waals surface area contributed by atoms with Gasteiger partial charge in [0, 0.05) is 11.6 Å². The van der Waals surface area contributed by atoms with Crippen LogP contribution in [-0.4, -0.2) is 13.0 Å². The van der Waals surface area contributed by atoms with E-state index in [2.05, 4.69) is 36.5 Å². The highest BCUT2D eigenvalue weighted by Gasteiger charge is 2.07. The SMILES string of the molecule is CCc1ccc([C@@H](C)NC(=O)/C=C/c2ccccc2OC)cc1. The zero-order valence-electron chi connectivity index (χ0n) is 13.9. The summed E-state index contributed by atoms with van der Waals surface area (Å²) in [5.74, 6) is 0.628. The Balaban J connectivity index is 1.99. The van der Waals surface area contributed by atoms with Gasteiger partial charge in [0.2, 0.25) is 5.91 Å². The van der Waals surface area contributed by atoms with Crippen LogP contribution in [0.3, 0.4) is 0 Å². The van der Waals surface area contributed by atoms with E-state index in [0.29, 0.717) is 0 Å². The summed E-state index contributed by atoms with van der Waals surface area (Å²) in [6, 6.07) is 15.9. The molecule has 3 nitrogen and oxygen atoms in total. The second kappa shape index (κ2) is 8.18. The summed E-state index contributed by atoms with van der Waals surface area (Å²) in [6.07, 6.45) is 4.32. The molecule has 2 aromatic carbocycles.